The number of methoxy groups -OCH3 is 1. The van der Waals surface area contributed by atoms with Gasteiger partial charge in [-0.25, -0.2) is 9.78 Å². The molecule has 0 saturated carbocycles. The number of carbonyl (C=O) groups excluding carboxylic acids is 1. The second kappa shape index (κ2) is 8.49. The number of imidazole rings is 1. The normalized spacial score (nSPS) is 10.8. The molecule has 0 unspecified atom stereocenters. The Morgan fingerprint density at radius 1 is 1.08 bits per heavy atom. The van der Waals surface area contributed by atoms with E-state index in [4.69, 9.17) is 9.72 Å². The van der Waals surface area contributed by atoms with Crippen molar-refractivity contribution in [1.82, 2.24) is 20.2 Å². The molecule has 3 aromatic rings. The maximum atomic E-state index is 11.8. The van der Waals surface area contributed by atoms with Crippen molar-refractivity contribution in [3.8, 4) is 11.4 Å². The highest BCUT2D eigenvalue weighted by molar-refractivity contribution is 5.80. The van der Waals surface area contributed by atoms with Gasteiger partial charge in [0.2, 0.25) is 0 Å². The summed E-state index contributed by atoms with van der Waals surface area (Å²) in [6.45, 7) is 4.21. The number of nitrogens with one attached hydrogen (secondary N) is 2. The van der Waals surface area contributed by atoms with Gasteiger partial charge in [-0.2, -0.15) is 0 Å². The Morgan fingerprint density at radius 3 is 2.58 bits per heavy atom. The van der Waals surface area contributed by atoms with Gasteiger partial charge in [0, 0.05) is 32.3 Å². The molecule has 0 bridgehead atoms. The fraction of sp³-hybridized carbons (Fsp3) is 0.300. The Morgan fingerprint density at radius 2 is 1.81 bits per heavy atom. The maximum absolute atomic E-state index is 11.8. The maximum Gasteiger partial charge on any atom is 0.314 e. The zero-order valence-corrected chi connectivity index (χ0v) is 15.2. The lowest BCUT2D eigenvalue weighted by Gasteiger charge is -2.11. The van der Waals surface area contributed by atoms with Gasteiger partial charge >= 0.3 is 6.03 Å². The van der Waals surface area contributed by atoms with Crippen LogP contribution in [0.5, 0.6) is 0 Å². The van der Waals surface area contributed by atoms with Gasteiger partial charge in [-0.15, -0.1) is 0 Å². The number of aromatic nitrogens is 2. The molecular formula is C20H24N4O2. The summed E-state index contributed by atoms with van der Waals surface area (Å²) in [6, 6.07) is 16.2. The molecule has 0 radical (unpaired) electrons. The number of fused-ring (bicyclic) bond motifs is 1. The Kier molecular flexibility index (Phi) is 5.86. The summed E-state index contributed by atoms with van der Waals surface area (Å²) in [5.41, 5.74) is 4.29. The van der Waals surface area contributed by atoms with Crippen LogP contribution < -0.4 is 10.6 Å². The Hall–Kier alpha value is -2.86. The smallest absolute Gasteiger partial charge is 0.314 e. The number of benzene rings is 2. The summed E-state index contributed by atoms with van der Waals surface area (Å²) in [5.74, 6) is 0.910. The fourth-order valence-corrected chi connectivity index (χ4v) is 2.84. The predicted molar refractivity (Wildman–Crippen MR) is 103 cm³/mol. The number of rotatable bonds is 7. The third-order valence-electron chi connectivity index (χ3n) is 4.18. The summed E-state index contributed by atoms with van der Waals surface area (Å²) < 4.78 is 7.07. The minimum atomic E-state index is -0.191. The first-order chi connectivity index (χ1) is 12.7. The highest BCUT2D eigenvalue weighted by Gasteiger charge is 2.12. The fourth-order valence-electron chi connectivity index (χ4n) is 2.84. The van der Waals surface area contributed by atoms with E-state index in [0.29, 0.717) is 26.2 Å². The zero-order chi connectivity index (χ0) is 18.4. The number of amides is 2. The third kappa shape index (κ3) is 4.21. The number of aryl methyl sites for hydroxylation is 1. The van der Waals surface area contributed by atoms with Gasteiger partial charge in [0.05, 0.1) is 17.6 Å². The molecule has 0 aliphatic heterocycles. The minimum absolute atomic E-state index is 0.191. The first kappa shape index (κ1) is 17.9. The zero-order valence-electron chi connectivity index (χ0n) is 15.2. The average Bonchev–Trinajstić information content (AvgIpc) is 3.01. The molecule has 1 aromatic heterocycles. The predicted octanol–water partition coefficient (Wildman–Crippen LogP) is 2.96. The number of para-hydroxylation sites is 2. The second-order valence-electron chi connectivity index (χ2n) is 6.12. The van der Waals surface area contributed by atoms with Crippen LogP contribution >= 0.6 is 0 Å². The van der Waals surface area contributed by atoms with Gasteiger partial charge in [0.25, 0.3) is 0 Å². The van der Waals surface area contributed by atoms with Gasteiger partial charge in [-0.05, 0) is 19.1 Å². The number of urea groups is 1. The standard InChI is InChI=1S/C20H24N4O2/c1-15-7-9-16(10-8-15)19-23-17-5-3-4-6-18(17)24(19)13-11-21-20(25)22-12-14-26-2/h3-10H,11-14H2,1-2H3,(H2,21,22,25). The molecule has 26 heavy (non-hydrogen) atoms. The molecule has 0 atom stereocenters. The van der Waals surface area contributed by atoms with Crippen molar-refractivity contribution in [3.05, 3.63) is 54.1 Å². The molecule has 0 saturated heterocycles. The number of hydrogen-bond donors (Lipinski definition) is 2. The highest BCUT2D eigenvalue weighted by Crippen LogP contribution is 2.24. The van der Waals surface area contributed by atoms with Crippen LogP contribution in [0.1, 0.15) is 5.56 Å². The van der Waals surface area contributed by atoms with Crippen LogP contribution in [0.4, 0.5) is 4.79 Å². The summed E-state index contributed by atoms with van der Waals surface area (Å²) in [4.78, 5) is 16.6. The van der Waals surface area contributed by atoms with Gasteiger partial charge < -0.3 is 19.9 Å². The first-order valence-electron chi connectivity index (χ1n) is 8.72. The molecule has 0 aliphatic carbocycles. The van der Waals surface area contributed by atoms with Crippen LogP contribution in [0, 0.1) is 6.92 Å². The van der Waals surface area contributed by atoms with Crippen molar-refractivity contribution >= 4 is 17.1 Å². The van der Waals surface area contributed by atoms with E-state index in [1.165, 1.54) is 5.56 Å². The van der Waals surface area contributed by atoms with E-state index >= 15 is 0 Å². The minimum Gasteiger partial charge on any atom is -0.383 e. The molecule has 1 heterocycles. The van der Waals surface area contributed by atoms with Crippen molar-refractivity contribution in [2.75, 3.05) is 26.8 Å². The van der Waals surface area contributed by atoms with Gasteiger partial charge in [0.1, 0.15) is 5.82 Å². The molecule has 6 nitrogen and oxygen atoms in total. The van der Waals surface area contributed by atoms with E-state index in [0.717, 1.165) is 22.4 Å². The van der Waals surface area contributed by atoms with Crippen LogP contribution in [0.15, 0.2) is 48.5 Å². The molecule has 0 fully saturated rings. The molecule has 2 amide bonds. The second-order valence-corrected chi connectivity index (χ2v) is 6.12. The number of nitrogens with zero attached hydrogens (tertiary/aromatic N) is 2. The van der Waals surface area contributed by atoms with Crippen LogP contribution in [-0.2, 0) is 11.3 Å². The van der Waals surface area contributed by atoms with Crippen molar-refractivity contribution in [2.45, 2.75) is 13.5 Å². The van der Waals surface area contributed by atoms with Crippen molar-refractivity contribution in [1.29, 1.82) is 0 Å². The summed E-state index contributed by atoms with van der Waals surface area (Å²) >= 11 is 0. The molecule has 2 N–H and O–H groups in total. The molecule has 0 spiro atoms. The third-order valence-corrected chi connectivity index (χ3v) is 4.18. The van der Waals surface area contributed by atoms with E-state index in [1.54, 1.807) is 7.11 Å². The van der Waals surface area contributed by atoms with Crippen LogP contribution in [0.3, 0.4) is 0 Å². The summed E-state index contributed by atoms with van der Waals surface area (Å²) in [5, 5.41) is 5.63. The van der Waals surface area contributed by atoms with Crippen molar-refractivity contribution < 1.29 is 9.53 Å². The van der Waals surface area contributed by atoms with E-state index in [9.17, 15) is 4.79 Å². The van der Waals surface area contributed by atoms with Crippen LogP contribution in [-0.4, -0.2) is 42.4 Å². The quantitative estimate of drug-likeness (QED) is 0.643. The van der Waals surface area contributed by atoms with Crippen LogP contribution in [0.25, 0.3) is 22.4 Å². The molecule has 136 valence electrons. The largest absolute Gasteiger partial charge is 0.383 e. The van der Waals surface area contributed by atoms with Gasteiger partial charge in [-0.3, -0.25) is 0 Å². The Bertz CT molecular complexity index is 871. The Balaban J connectivity index is 1.77. The van der Waals surface area contributed by atoms with Gasteiger partial charge in [0.15, 0.2) is 0 Å². The lowest BCUT2D eigenvalue weighted by Crippen LogP contribution is -2.38. The molecule has 6 heteroatoms. The van der Waals surface area contributed by atoms with E-state index < -0.39 is 0 Å². The number of carbonyl (C=O) groups is 1. The van der Waals surface area contributed by atoms with E-state index in [-0.39, 0.29) is 6.03 Å². The van der Waals surface area contributed by atoms with Gasteiger partial charge in [-0.1, -0.05) is 42.0 Å². The molecule has 0 aliphatic rings. The highest BCUT2D eigenvalue weighted by atomic mass is 16.5. The van der Waals surface area contributed by atoms with Crippen molar-refractivity contribution in [3.63, 3.8) is 0 Å². The monoisotopic (exact) mass is 352 g/mol. The molecule has 2 aromatic carbocycles. The van der Waals surface area contributed by atoms with Crippen molar-refractivity contribution in [2.24, 2.45) is 0 Å². The number of ether oxygens (including phenoxy) is 1. The molecule has 3 rings (SSSR count). The van der Waals surface area contributed by atoms with E-state index in [2.05, 4.69) is 52.5 Å². The lowest BCUT2D eigenvalue weighted by molar-refractivity contribution is 0.196. The average molecular weight is 352 g/mol. The summed E-state index contributed by atoms with van der Waals surface area (Å²) in [7, 11) is 1.61. The number of hydrogen-bond acceptors (Lipinski definition) is 3. The molecular weight excluding hydrogens is 328 g/mol. The SMILES string of the molecule is COCCNC(=O)NCCn1c(-c2ccc(C)cc2)nc2ccccc21. The Labute approximate surface area is 153 Å². The van der Waals surface area contributed by atoms with Crippen LogP contribution in [0.2, 0.25) is 0 Å². The summed E-state index contributed by atoms with van der Waals surface area (Å²) in [6.07, 6.45) is 0. The van der Waals surface area contributed by atoms with E-state index in [1.807, 2.05) is 18.2 Å². The topological polar surface area (TPSA) is 68.2 Å². The lowest BCUT2D eigenvalue weighted by atomic mass is 10.1. The first-order valence-corrected chi connectivity index (χ1v) is 8.72.